The fourth-order valence-electron chi connectivity index (χ4n) is 2.38. The molecule has 3 rings (SSSR count). The molecule has 0 bridgehead atoms. The van der Waals surface area contributed by atoms with E-state index < -0.39 is 17.4 Å². The van der Waals surface area contributed by atoms with Gasteiger partial charge in [0.15, 0.2) is 23.2 Å². The van der Waals surface area contributed by atoms with Crippen LogP contribution in [0.5, 0.6) is 5.75 Å². The summed E-state index contributed by atoms with van der Waals surface area (Å²) in [5.41, 5.74) is 0.345. The first-order chi connectivity index (χ1) is 11.0. The topological polar surface area (TPSA) is 70.5 Å². The number of ether oxygens (including phenoxy) is 1. The molecule has 2 heterocycles. The van der Waals surface area contributed by atoms with Crippen molar-refractivity contribution in [1.29, 1.82) is 0 Å². The second-order valence-electron chi connectivity index (χ2n) is 5.23. The van der Waals surface area contributed by atoms with Crippen molar-refractivity contribution >= 4 is 17.5 Å². The zero-order chi connectivity index (χ0) is 16.4. The lowest BCUT2D eigenvalue weighted by atomic mass is 10.3. The van der Waals surface area contributed by atoms with Crippen molar-refractivity contribution in [2.24, 2.45) is 0 Å². The van der Waals surface area contributed by atoms with Gasteiger partial charge in [0.05, 0.1) is 6.20 Å². The van der Waals surface area contributed by atoms with E-state index in [1.165, 1.54) is 12.1 Å². The Hall–Kier alpha value is -2.48. The third-order valence-corrected chi connectivity index (χ3v) is 3.60. The van der Waals surface area contributed by atoms with Gasteiger partial charge >= 0.3 is 0 Å². The van der Waals surface area contributed by atoms with Crippen molar-refractivity contribution in [3.8, 4) is 5.75 Å². The van der Waals surface area contributed by atoms with Crippen LogP contribution in [0, 0.1) is 11.6 Å². The molecule has 1 fully saturated rings. The van der Waals surface area contributed by atoms with Gasteiger partial charge in [0.2, 0.25) is 5.95 Å². The zero-order valence-corrected chi connectivity index (χ0v) is 12.5. The summed E-state index contributed by atoms with van der Waals surface area (Å²) in [7, 11) is 1.70. The molecule has 1 aromatic heterocycles. The number of halogens is 2. The molecule has 6 nitrogen and oxygen atoms in total. The Labute approximate surface area is 131 Å². The summed E-state index contributed by atoms with van der Waals surface area (Å²) in [5.74, 6) is -1.56. The van der Waals surface area contributed by atoms with Crippen LogP contribution in [-0.2, 0) is 4.74 Å². The van der Waals surface area contributed by atoms with E-state index in [9.17, 15) is 13.9 Å². The lowest BCUT2D eigenvalue weighted by Crippen LogP contribution is -2.32. The van der Waals surface area contributed by atoms with Crippen LogP contribution in [0.1, 0.15) is 12.8 Å². The summed E-state index contributed by atoms with van der Waals surface area (Å²) in [6, 6.07) is 3.78. The van der Waals surface area contributed by atoms with Gasteiger partial charge in [-0.25, -0.2) is 13.8 Å². The van der Waals surface area contributed by atoms with Crippen LogP contribution in [0.4, 0.5) is 26.2 Å². The molecule has 0 aliphatic carbocycles. The monoisotopic (exact) mass is 322 g/mol. The van der Waals surface area contributed by atoms with Crippen molar-refractivity contribution in [3.05, 3.63) is 36.0 Å². The molecule has 0 amide bonds. The van der Waals surface area contributed by atoms with Crippen molar-refractivity contribution < 1.29 is 18.6 Å². The number of hydrogen-bond donors (Lipinski definition) is 2. The maximum absolute atomic E-state index is 14.0. The van der Waals surface area contributed by atoms with Gasteiger partial charge in [-0.3, -0.25) is 0 Å². The second kappa shape index (κ2) is 6.33. The Morgan fingerprint density at radius 3 is 2.87 bits per heavy atom. The molecule has 2 N–H and O–H groups in total. The summed E-state index contributed by atoms with van der Waals surface area (Å²) in [4.78, 5) is 9.59. The number of aromatic hydroxyl groups is 1. The number of phenols is 1. The first-order valence-electron chi connectivity index (χ1n) is 7.17. The zero-order valence-electron chi connectivity index (χ0n) is 12.5. The van der Waals surface area contributed by atoms with Crippen LogP contribution >= 0.6 is 0 Å². The fourth-order valence-corrected chi connectivity index (χ4v) is 2.38. The lowest BCUT2D eigenvalue weighted by Gasteiger charge is -2.25. The Balaban J connectivity index is 1.83. The third kappa shape index (κ3) is 3.31. The highest BCUT2D eigenvalue weighted by Crippen LogP contribution is 2.25. The van der Waals surface area contributed by atoms with Crippen LogP contribution < -0.4 is 10.2 Å². The molecule has 0 radical (unpaired) electrons. The van der Waals surface area contributed by atoms with E-state index in [-0.39, 0.29) is 18.0 Å². The van der Waals surface area contributed by atoms with E-state index in [1.807, 2.05) is 0 Å². The van der Waals surface area contributed by atoms with Gasteiger partial charge in [-0.05, 0) is 25.0 Å². The molecule has 2 aromatic rings. The van der Waals surface area contributed by atoms with Crippen LogP contribution in [-0.4, -0.2) is 35.0 Å². The van der Waals surface area contributed by atoms with Gasteiger partial charge in [0.25, 0.3) is 0 Å². The first-order valence-corrected chi connectivity index (χ1v) is 7.17. The largest absolute Gasteiger partial charge is 0.505 e. The van der Waals surface area contributed by atoms with Crippen molar-refractivity contribution in [1.82, 2.24) is 9.97 Å². The predicted octanol–water partition coefficient (Wildman–Crippen LogP) is 2.78. The molecule has 1 unspecified atom stereocenters. The maximum Gasteiger partial charge on any atom is 0.229 e. The molecule has 0 saturated carbocycles. The maximum atomic E-state index is 14.0. The number of phenolic OH excluding ortho intramolecular Hbond substituents is 1. The highest BCUT2D eigenvalue weighted by Gasteiger charge is 2.24. The highest BCUT2D eigenvalue weighted by atomic mass is 19.1. The SMILES string of the molecule is CN(c1nc(Nc2ccc(O)c(F)c2)ncc1F)C1CCCO1. The summed E-state index contributed by atoms with van der Waals surface area (Å²) in [6.07, 6.45) is 2.54. The van der Waals surface area contributed by atoms with E-state index >= 15 is 0 Å². The average molecular weight is 322 g/mol. The van der Waals surface area contributed by atoms with E-state index in [4.69, 9.17) is 4.74 Å². The second-order valence-corrected chi connectivity index (χ2v) is 5.23. The van der Waals surface area contributed by atoms with Crippen molar-refractivity contribution in [2.75, 3.05) is 23.9 Å². The molecule has 0 spiro atoms. The van der Waals surface area contributed by atoms with Gasteiger partial charge < -0.3 is 20.1 Å². The number of nitrogens with zero attached hydrogens (tertiary/aromatic N) is 3. The Morgan fingerprint density at radius 2 is 2.17 bits per heavy atom. The number of rotatable bonds is 4. The molecule has 1 aliphatic heterocycles. The van der Waals surface area contributed by atoms with Gasteiger partial charge in [0, 0.05) is 25.4 Å². The van der Waals surface area contributed by atoms with Crippen LogP contribution in [0.3, 0.4) is 0 Å². The number of benzene rings is 1. The first kappa shape index (κ1) is 15.4. The van der Waals surface area contributed by atoms with E-state index in [0.717, 1.165) is 25.1 Å². The Bertz CT molecular complexity index is 708. The molecule has 1 saturated heterocycles. The molecule has 1 aliphatic rings. The molecular formula is C15H16F2N4O2. The van der Waals surface area contributed by atoms with E-state index in [1.54, 1.807) is 11.9 Å². The van der Waals surface area contributed by atoms with Crippen LogP contribution in [0.25, 0.3) is 0 Å². The molecular weight excluding hydrogens is 306 g/mol. The fraction of sp³-hybridized carbons (Fsp3) is 0.333. The minimum Gasteiger partial charge on any atom is -0.505 e. The molecule has 1 atom stereocenters. The molecule has 8 heteroatoms. The lowest BCUT2D eigenvalue weighted by molar-refractivity contribution is 0.110. The quantitative estimate of drug-likeness (QED) is 0.844. The third-order valence-electron chi connectivity index (χ3n) is 3.60. The van der Waals surface area contributed by atoms with Crippen LogP contribution in [0.15, 0.2) is 24.4 Å². The normalized spacial score (nSPS) is 17.3. The van der Waals surface area contributed by atoms with Crippen LogP contribution in [0.2, 0.25) is 0 Å². The predicted molar refractivity (Wildman–Crippen MR) is 80.7 cm³/mol. The molecule has 1 aromatic carbocycles. The van der Waals surface area contributed by atoms with Gasteiger partial charge in [-0.15, -0.1) is 0 Å². The standard InChI is InChI=1S/C15H16F2N4O2/c1-21(13-3-2-6-23-13)14-11(17)8-18-15(20-14)19-9-4-5-12(22)10(16)7-9/h4-5,7-8,13,22H,2-3,6H2,1H3,(H,18,19,20). The Morgan fingerprint density at radius 1 is 1.35 bits per heavy atom. The van der Waals surface area contributed by atoms with Gasteiger partial charge in [-0.1, -0.05) is 0 Å². The number of hydrogen-bond acceptors (Lipinski definition) is 6. The number of aromatic nitrogens is 2. The molecule has 23 heavy (non-hydrogen) atoms. The highest BCUT2D eigenvalue weighted by molar-refractivity contribution is 5.56. The number of nitrogens with one attached hydrogen (secondary N) is 1. The minimum atomic E-state index is -0.770. The Kier molecular flexibility index (Phi) is 4.24. The summed E-state index contributed by atoms with van der Waals surface area (Å²) in [6.45, 7) is 0.638. The number of anilines is 3. The van der Waals surface area contributed by atoms with E-state index in [2.05, 4.69) is 15.3 Å². The summed E-state index contributed by atoms with van der Waals surface area (Å²) in [5, 5.41) is 12.0. The average Bonchev–Trinajstić information content (AvgIpc) is 3.06. The molecule has 122 valence electrons. The smallest absolute Gasteiger partial charge is 0.229 e. The van der Waals surface area contributed by atoms with Gasteiger partial charge in [0.1, 0.15) is 6.23 Å². The van der Waals surface area contributed by atoms with Crippen molar-refractivity contribution in [2.45, 2.75) is 19.1 Å². The minimum absolute atomic E-state index is 0.105. The summed E-state index contributed by atoms with van der Waals surface area (Å²) < 4.78 is 32.8. The summed E-state index contributed by atoms with van der Waals surface area (Å²) >= 11 is 0. The van der Waals surface area contributed by atoms with Gasteiger partial charge in [-0.2, -0.15) is 4.98 Å². The van der Waals surface area contributed by atoms with E-state index in [0.29, 0.717) is 12.3 Å². The van der Waals surface area contributed by atoms with Crippen molar-refractivity contribution in [3.63, 3.8) is 0 Å².